The smallest absolute Gasteiger partial charge is 0.290 e. The summed E-state index contributed by atoms with van der Waals surface area (Å²) in [6, 6.07) is 15.4. The first kappa shape index (κ1) is 21.0. The van der Waals surface area contributed by atoms with Gasteiger partial charge in [0.05, 0.1) is 12.7 Å². The number of halogens is 1. The van der Waals surface area contributed by atoms with Gasteiger partial charge in [-0.2, -0.15) is 0 Å². The third-order valence-electron chi connectivity index (χ3n) is 5.58. The molecule has 0 radical (unpaired) electrons. The van der Waals surface area contributed by atoms with E-state index in [9.17, 15) is 19.1 Å². The predicted molar refractivity (Wildman–Crippen MR) is 121 cm³/mol. The van der Waals surface area contributed by atoms with Crippen LogP contribution in [0.15, 0.2) is 81.8 Å². The zero-order valence-electron chi connectivity index (χ0n) is 17.4. The maximum atomic E-state index is 13.5. The van der Waals surface area contributed by atoms with Gasteiger partial charge in [-0.15, -0.1) is 11.3 Å². The van der Waals surface area contributed by atoms with E-state index in [1.807, 2.05) is 11.4 Å². The number of ketones is 1. The molecule has 166 valence electrons. The fourth-order valence-corrected chi connectivity index (χ4v) is 4.86. The molecular formula is C25H18FNO5S. The van der Waals surface area contributed by atoms with E-state index in [2.05, 4.69) is 0 Å². The summed E-state index contributed by atoms with van der Waals surface area (Å²) >= 11 is 1.37. The lowest BCUT2D eigenvalue weighted by Crippen LogP contribution is -2.30. The Kier molecular flexibility index (Phi) is 5.22. The van der Waals surface area contributed by atoms with Crippen molar-refractivity contribution in [3.8, 4) is 5.75 Å². The van der Waals surface area contributed by atoms with Gasteiger partial charge in [0.1, 0.15) is 11.9 Å². The highest BCUT2D eigenvalue weighted by atomic mass is 32.1. The fraction of sp³-hybridized carbons (Fsp3) is 0.120. The number of methoxy groups -OCH3 is 1. The van der Waals surface area contributed by atoms with E-state index in [1.54, 1.807) is 42.5 Å². The number of aliphatic hydroxyl groups is 1. The lowest BCUT2D eigenvalue weighted by molar-refractivity contribution is -0.130. The number of ether oxygens (including phenoxy) is 1. The van der Waals surface area contributed by atoms with Crippen LogP contribution in [0.5, 0.6) is 5.75 Å². The van der Waals surface area contributed by atoms with Crippen LogP contribution in [0.1, 0.15) is 27.0 Å². The molecule has 1 N–H and O–H groups in total. The molecule has 1 aliphatic rings. The molecule has 1 amide bonds. The van der Waals surface area contributed by atoms with Gasteiger partial charge >= 0.3 is 0 Å². The average Bonchev–Trinajstić information content (AvgIpc) is 3.55. The molecule has 1 atom stereocenters. The molecule has 1 aliphatic heterocycles. The Labute approximate surface area is 192 Å². The summed E-state index contributed by atoms with van der Waals surface area (Å²) in [5, 5.41) is 13.3. The standard InChI is InChI=1S/C25H18FNO5S/c1-31-17-5-2-4-15-12-18(32-24(15)17)22(28)20-21(19-6-3-11-33-19)27(25(30)23(20)29)13-14-7-9-16(26)10-8-14/h2-12,21,29H,13H2,1H3. The number of Topliss-reactive ketones (excluding diaryl/α,β-unsaturated/α-hetero) is 1. The molecule has 0 saturated heterocycles. The van der Waals surface area contributed by atoms with Crippen LogP contribution in [0.25, 0.3) is 11.0 Å². The topological polar surface area (TPSA) is 80.0 Å². The molecule has 1 unspecified atom stereocenters. The highest BCUT2D eigenvalue weighted by molar-refractivity contribution is 7.10. The molecule has 0 bridgehead atoms. The minimum Gasteiger partial charge on any atom is -0.503 e. The van der Waals surface area contributed by atoms with Crippen LogP contribution >= 0.6 is 11.3 Å². The predicted octanol–water partition coefficient (Wildman–Crippen LogP) is 5.42. The van der Waals surface area contributed by atoms with E-state index < -0.39 is 29.3 Å². The summed E-state index contributed by atoms with van der Waals surface area (Å²) in [5.74, 6) is -1.80. The summed E-state index contributed by atoms with van der Waals surface area (Å²) in [6.45, 7) is 0.0937. The van der Waals surface area contributed by atoms with Crippen LogP contribution in [-0.2, 0) is 11.3 Å². The van der Waals surface area contributed by atoms with Gasteiger partial charge in [0.2, 0.25) is 5.78 Å². The summed E-state index contributed by atoms with van der Waals surface area (Å²) < 4.78 is 24.4. The number of rotatable bonds is 6. The summed E-state index contributed by atoms with van der Waals surface area (Å²) in [6.07, 6.45) is 0. The number of carbonyl (C=O) groups is 2. The number of fused-ring (bicyclic) bond motifs is 1. The number of amides is 1. The summed E-state index contributed by atoms with van der Waals surface area (Å²) in [7, 11) is 1.50. The second-order valence-electron chi connectivity index (χ2n) is 7.56. The number of carbonyl (C=O) groups excluding carboxylic acids is 2. The SMILES string of the molecule is COc1cccc2cc(C(=O)C3=C(O)C(=O)N(Cc4ccc(F)cc4)C3c3cccs3)oc12. The Morgan fingerprint density at radius 2 is 1.97 bits per heavy atom. The van der Waals surface area contributed by atoms with Crippen LogP contribution < -0.4 is 4.74 Å². The van der Waals surface area contributed by atoms with Gasteiger partial charge in [0.25, 0.3) is 5.91 Å². The molecule has 33 heavy (non-hydrogen) atoms. The van der Waals surface area contributed by atoms with Gasteiger partial charge in [-0.25, -0.2) is 4.39 Å². The van der Waals surface area contributed by atoms with E-state index in [0.717, 1.165) is 0 Å². The number of furan rings is 1. The molecule has 0 saturated carbocycles. The van der Waals surface area contributed by atoms with Crippen LogP contribution in [0.2, 0.25) is 0 Å². The molecule has 5 rings (SSSR count). The number of thiophene rings is 1. The highest BCUT2D eigenvalue weighted by Gasteiger charge is 2.45. The minimum atomic E-state index is -0.801. The van der Waals surface area contributed by atoms with Gasteiger partial charge in [-0.3, -0.25) is 9.59 Å². The van der Waals surface area contributed by atoms with Crippen molar-refractivity contribution in [2.75, 3.05) is 7.11 Å². The molecule has 0 aliphatic carbocycles. The Bertz CT molecular complexity index is 1390. The monoisotopic (exact) mass is 463 g/mol. The zero-order valence-corrected chi connectivity index (χ0v) is 18.3. The number of nitrogens with zero attached hydrogens (tertiary/aromatic N) is 1. The van der Waals surface area contributed by atoms with Crippen molar-refractivity contribution in [3.63, 3.8) is 0 Å². The minimum absolute atomic E-state index is 0.00552. The number of hydrogen-bond donors (Lipinski definition) is 1. The first-order chi connectivity index (χ1) is 16.0. The van der Waals surface area contributed by atoms with E-state index in [1.165, 1.54) is 35.5 Å². The molecule has 0 spiro atoms. The summed E-state index contributed by atoms with van der Waals surface area (Å²) in [5.41, 5.74) is 1.02. The number of hydrogen-bond acceptors (Lipinski definition) is 6. The lowest BCUT2D eigenvalue weighted by atomic mass is 10.00. The molecule has 3 heterocycles. The maximum absolute atomic E-state index is 13.5. The summed E-state index contributed by atoms with van der Waals surface area (Å²) in [4.78, 5) is 28.7. The van der Waals surface area contributed by atoms with Crippen LogP contribution in [0, 0.1) is 5.82 Å². The van der Waals surface area contributed by atoms with E-state index in [4.69, 9.17) is 9.15 Å². The molecule has 0 fully saturated rings. The molecular weight excluding hydrogens is 445 g/mol. The van der Waals surface area contributed by atoms with Crippen molar-refractivity contribution in [1.29, 1.82) is 0 Å². The molecule has 6 nitrogen and oxygen atoms in total. The van der Waals surface area contributed by atoms with E-state index in [0.29, 0.717) is 27.2 Å². The maximum Gasteiger partial charge on any atom is 0.290 e. The fourth-order valence-electron chi connectivity index (χ4n) is 4.02. The second-order valence-corrected chi connectivity index (χ2v) is 8.54. The van der Waals surface area contributed by atoms with Crippen molar-refractivity contribution in [2.45, 2.75) is 12.6 Å². The first-order valence-electron chi connectivity index (χ1n) is 10.1. The lowest BCUT2D eigenvalue weighted by Gasteiger charge is -2.25. The van der Waals surface area contributed by atoms with Crippen LogP contribution in [0.4, 0.5) is 4.39 Å². The number of aliphatic hydroxyl groups excluding tert-OH is 1. The van der Waals surface area contributed by atoms with Crippen molar-refractivity contribution in [2.24, 2.45) is 0 Å². The van der Waals surface area contributed by atoms with Gasteiger partial charge in [-0.1, -0.05) is 30.3 Å². The Morgan fingerprint density at radius 3 is 2.67 bits per heavy atom. The van der Waals surface area contributed by atoms with Crippen molar-refractivity contribution < 1.29 is 28.2 Å². The molecule has 4 aromatic rings. The first-order valence-corrected chi connectivity index (χ1v) is 11.0. The Balaban J connectivity index is 1.57. The van der Waals surface area contributed by atoms with E-state index in [-0.39, 0.29) is 17.9 Å². The molecule has 2 aromatic heterocycles. The zero-order chi connectivity index (χ0) is 23.1. The Morgan fingerprint density at radius 1 is 1.18 bits per heavy atom. The normalized spacial score (nSPS) is 16.1. The van der Waals surface area contributed by atoms with Crippen molar-refractivity contribution >= 4 is 34.0 Å². The van der Waals surface area contributed by atoms with E-state index >= 15 is 0 Å². The van der Waals surface area contributed by atoms with Crippen LogP contribution in [-0.4, -0.2) is 28.8 Å². The van der Waals surface area contributed by atoms with Gasteiger partial charge in [-0.05, 0) is 41.3 Å². The Hall–Kier alpha value is -3.91. The van der Waals surface area contributed by atoms with Crippen molar-refractivity contribution in [1.82, 2.24) is 4.90 Å². The third kappa shape index (κ3) is 3.58. The van der Waals surface area contributed by atoms with Crippen LogP contribution in [0.3, 0.4) is 0 Å². The molecule has 2 aromatic carbocycles. The third-order valence-corrected chi connectivity index (χ3v) is 6.50. The highest BCUT2D eigenvalue weighted by Crippen LogP contribution is 2.42. The van der Waals surface area contributed by atoms with Crippen molar-refractivity contribution in [3.05, 3.63) is 99.4 Å². The average molecular weight is 463 g/mol. The van der Waals surface area contributed by atoms with Gasteiger partial charge < -0.3 is 19.2 Å². The van der Waals surface area contributed by atoms with Gasteiger partial charge in [0.15, 0.2) is 22.9 Å². The second kappa shape index (κ2) is 8.22. The van der Waals surface area contributed by atoms with Gasteiger partial charge in [0, 0.05) is 16.8 Å². The number of benzene rings is 2. The number of para-hydroxylation sites is 1. The quantitative estimate of drug-likeness (QED) is 0.386. The molecule has 8 heteroatoms. The largest absolute Gasteiger partial charge is 0.503 e.